The van der Waals surface area contributed by atoms with Crippen LogP contribution in [-0.4, -0.2) is 9.97 Å². The van der Waals surface area contributed by atoms with Crippen LogP contribution in [0.5, 0.6) is 0 Å². The Morgan fingerprint density at radius 3 is 1.86 bits per heavy atom. The molecule has 0 amide bonds. The monoisotopic (exact) mass is 687 g/mol. The molecule has 0 aliphatic carbocycles. The number of anilines is 3. The van der Waals surface area contributed by atoms with Crippen LogP contribution in [0.3, 0.4) is 0 Å². The number of thiophene rings is 1. The van der Waals surface area contributed by atoms with Gasteiger partial charge in [0.25, 0.3) is 0 Å². The van der Waals surface area contributed by atoms with Gasteiger partial charge in [-0.2, -0.15) is 0 Å². The van der Waals surface area contributed by atoms with Gasteiger partial charge < -0.3 is 4.90 Å². The lowest BCUT2D eigenvalue weighted by Crippen LogP contribution is -2.09. The summed E-state index contributed by atoms with van der Waals surface area (Å²) in [4.78, 5) is 11.8. The summed E-state index contributed by atoms with van der Waals surface area (Å²) >= 11 is 3.64. The Hall–Kier alpha value is -6.14. The van der Waals surface area contributed by atoms with Crippen molar-refractivity contribution in [3.05, 3.63) is 176 Å². The highest BCUT2D eigenvalue weighted by Gasteiger charge is 2.17. The van der Waals surface area contributed by atoms with Crippen molar-refractivity contribution in [1.29, 1.82) is 0 Å². The average Bonchev–Trinajstić information content (AvgIpc) is 3.81. The Morgan fingerprint density at radius 2 is 1.12 bits per heavy atom. The summed E-state index contributed by atoms with van der Waals surface area (Å²) in [6, 6.07) is 58.7. The SMILES string of the molecule is c1cncc(-c2ccc(N(c3ccc(-c4nc5ccc6sc7ccccc7c6c5s4)cc3)c3ccc(-c4cccc5ccccc45)cc3)cc2)c1. The van der Waals surface area contributed by atoms with Crippen LogP contribution in [0, 0.1) is 0 Å². The maximum atomic E-state index is 5.11. The third-order valence-electron chi connectivity index (χ3n) is 9.61. The Bertz CT molecular complexity index is 2830. The summed E-state index contributed by atoms with van der Waals surface area (Å²) < 4.78 is 3.88. The lowest BCUT2D eigenvalue weighted by Gasteiger charge is -2.26. The van der Waals surface area contributed by atoms with Crippen LogP contribution in [0.4, 0.5) is 17.1 Å². The lowest BCUT2D eigenvalue weighted by molar-refractivity contribution is 1.28. The van der Waals surface area contributed by atoms with Crippen molar-refractivity contribution in [2.75, 3.05) is 4.90 Å². The maximum Gasteiger partial charge on any atom is 0.124 e. The van der Waals surface area contributed by atoms with E-state index in [0.29, 0.717) is 0 Å². The Labute approximate surface area is 303 Å². The molecular weight excluding hydrogens is 659 g/mol. The first-order valence-corrected chi connectivity index (χ1v) is 18.6. The fourth-order valence-electron chi connectivity index (χ4n) is 7.12. The van der Waals surface area contributed by atoms with Crippen LogP contribution in [0.1, 0.15) is 0 Å². The number of fused-ring (bicyclic) bond motifs is 6. The first-order valence-electron chi connectivity index (χ1n) is 17.0. The summed E-state index contributed by atoms with van der Waals surface area (Å²) in [5, 5.41) is 6.17. The molecule has 0 aliphatic heterocycles. The van der Waals surface area contributed by atoms with E-state index in [9.17, 15) is 0 Å². The molecule has 0 radical (unpaired) electrons. The molecule has 240 valence electrons. The van der Waals surface area contributed by atoms with Gasteiger partial charge in [-0.3, -0.25) is 4.98 Å². The van der Waals surface area contributed by atoms with Gasteiger partial charge in [0, 0.05) is 55.2 Å². The van der Waals surface area contributed by atoms with Gasteiger partial charge in [0.05, 0.1) is 10.2 Å². The minimum absolute atomic E-state index is 1.03. The Balaban J connectivity index is 1.04. The second-order valence-electron chi connectivity index (χ2n) is 12.6. The van der Waals surface area contributed by atoms with Crippen LogP contribution in [0.25, 0.3) is 74.0 Å². The quantitative estimate of drug-likeness (QED) is 0.174. The van der Waals surface area contributed by atoms with Crippen LogP contribution >= 0.6 is 22.7 Å². The second-order valence-corrected chi connectivity index (χ2v) is 14.7. The molecular formula is C46H29N3S2. The molecule has 7 aromatic carbocycles. The lowest BCUT2D eigenvalue weighted by atomic mass is 9.98. The van der Waals surface area contributed by atoms with Crippen molar-refractivity contribution < 1.29 is 0 Å². The molecule has 10 aromatic rings. The van der Waals surface area contributed by atoms with Crippen molar-refractivity contribution >= 4 is 80.9 Å². The summed E-state index contributed by atoms with van der Waals surface area (Å²) in [7, 11) is 0. The van der Waals surface area contributed by atoms with E-state index < -0.39 is 0 Å². The molecule has 0 saturated carbocycles. The standard InChI is InChI=1S/C46H29N3S2/c1-2-10-38-31(7-1)8-5-12-39(38)32-16-22-36(23-17-32)49(35-20-14-30(15-21-35)34-9-6-28-47-29-34)37-24-18-33(19-25-37)46-48-41-26-27-43-44(45(41)51-46)40-11-3-4-13-42(40)50-43/h1-29H. The predicted octanol–water partition coefficient (Wildman–Crippen LogP) is 13.7. The molecule has 5 heteroatoms. The third kappa shape index (κ3) is 5.26. The van der Waals surface area contributed by atoms with E-state index in [1.54, 1.807) is 11.3 Å². The number of pyridine rings is 1. The summed E-state index contributed by atoms with van der Waals surface area (Å²) in [6.07, 6.45) is 3.72. The molecule has 3 heterocycles. The molecule has 0 fully saturated rings. The summed E-state index contributed by atoms with van der Waals surface area (Å²) in [5.41, 5.74) is 10.1. The number of nitrogens with zero attached hydrogens (tertiary/aromatic N) is 3. The van der Waals surface area contributed by atoms with Crippen molar-refractivity contribution in [3.8, 4) is 32.8 Å². The van der Waals surface area contributed by atoms with Gasteiger partial charge in [-0.15, -0.1) is 22.7 Å². The van der Waals surface area contributed by atoms with Crippen LogP contribution < -0.4 is 4.90 Å². The predicted molar refractivity (Wildman–Crippen MR) is 219 cm³/mol. The first kappa shape index (κ1) is 29.7. The fourth-order valence-corrected chi connectivity index (χ4v) is 9.43. The number of rotatable bonds is 6. The van der Waals surface area contributed by atoms with Gasteiger partial charge in [0.2, 0.25) is 0 Å². The Morgan fingerprint density at radius 1 is 0.451 bits per heavy atom. The number of aromatic nitrogens is 2. The van der Waals surface area contributed by atoms with Gasteiger partial charge in [-0.05, 0) is 106 Å². The van der Waals surface area contributed by atoms with E-state index in [4.69, 9.17) is 4.98 Å². The molecule has 0 saturated heterocycles. The van der Waals surface area contributed by atoms with E-state index in [0.717, 1.165) is 44.3 Å². The van der Waals surface area contributed by atoms with E-state index in [1.807, 2.05) is 29.8 Å². The molecule has 0 spiro atoms. The molecule has 10 rings (SSSR count). The normalized spacial score (nSPS) is 11.5. The molecule has 0 N–H and O–H groups in total. The molecule has 51 heavy (non-hydrogen) atoms. The van der Waals surface area contributed by atoms with Gasteiger partial charge in [-0.25, -0.2) is 4.98 Å². The Kier molecular flexibility index (Phi) is 7.19. The molecule has 0 aliphatic rings. The van der Waals surface area contributed by atoms with E-state index in [2.05, 4.69) is 168 Å². The average molecular weight is 688 g/mol. The zero-order valence-corrected chi connectivity index (χ0v) is 29.0. The van der Waals surface area contributed by atoms with Crippen LogP contribution in [-0.2, 0) is 0 Å². The van der Waals surface area contributed by atoms with E-state index in [1.165, 1.54) is 46.8 Å². The largest absolute Gasteiger partial charge is 0.311 e. The third-order valence-corrected chi connectivity index (χ3v) is 11.9. The van der Waals surface area contributed by atoms with Crippen molar-refractivity contribution in [1.82, 2.24) is 9.97 Å². The smallest absolute Gasteiger partial charge is 0.124 e. The highest BCUT2D eigenvalue weighted by molar-refractivity contribution is 7.28. The van der Waals surface area contributed by atoms with Crippen LogP contribution in [0.15, 0.2) is 176 Å². The van der Waals surface area contributed by atoms with Crippen molar-refractivity contribution in [2.45, 2.75) is 0 Å². The van der Waals surface area contributed by atoms with E-state index >= 15 is 0 Å². The van der Waals surface area contributed by atoms with Gasteiger partial charge in [-0.1, -0.05) is 91.0 Å². The molecule has 0 atom stereocenters. The fraction of sp³-hybridized carbons (Fsp3) is 0. The zero-order chi connectivity index (χ0) is 33.7. The highest BCUT2D eigenvalue weighted by atomic mass is 32.1. The first-order chi connectivity index (χ1) is 25.3. The number of benzene rings is 7. The molecule has 0 bridgehead atoms. The number of thiazole rings is 1. The highest BCUT2D eigenvalue weighted by Crippen LogP contribution is 2.43. The summed E-state index contributed by atoms with van der Waals surface area (Å²) in [5.74, 6) is 0. The van der Waals surface area contributed by atoms with Crippen molar-refractivity contribution in [2.24, 2.45) is 0 Å². The zero-order valence-electron chi connectivity index (χ0n) is 27.4. The number of hydrogen-bond donors (Lipinski definition) is 0. The van der Waals surface area contributed by atoms with Crippen LogP contribution in [0.2, 0.25) is 0 Å². The van der Waals surface area contributed by atoms with Crippen molar-refractivity contribution in [3.63, 3.8) is 0 Å². The van der Waals surface area contributed by atoms with Gasteiger partial charge >= 0.3 is 0 Å². The van der Waals surface area contributed by atoms with Gasteiger partial charge in [0.1, 0.15) is 5.01 Å². The second kappa shape index (κ2) is 12.3. The maximum absolute atomic E-state index is 5.11. The van der Waals surface area contributed by atoms with Gasteiger partial charge in [0.15, 0.2) is 0 Å². The molecule has 3 aromatic heterocycles. The topological polar surface area (TPSA) is 29.0 Å². The minimum Gasteiger partial charge on any atom is -0.311 e. The summed E-state index contributed by atoms with van der Waals surface area (Å²) in [6.45, 7) is 0. The molecule has 3 nitrogen and oxygen atoms in total. The molecule has 0 unspecified atom stereocenters. The minimum atomic E-state index is 1.03. The van der Waals surface area contributed by atoms with E-state index in [-0.39, 0.29) is 0 Å². The number of hydrogen-bond acceptors (Lipinski definition) is 5.